The minimum atomic E-state index is -0.443. The molecule has 0 atom stereocenters. The van der Waals surface area contributed by atoms with Crippen LogP contribution in [0.15, 0.2) is 60.8 Å². The van der Waals surface area contributed by atoms with Crippen LogP contribution in [0.3, 0.4) is 0 Å². The first-order valence-corrected chi connectivity index (χ1v) is 7.42. The summed E-state index contributed by atoms with van der Waals surface area (Å²) in [5.74, 6) is -0.763. The molecule has 24 heavy (non-hydrogen) atoms. The number of halogens is 2. The Balaban J connectivity index is 1.79. The highest BCUT2D eigenvalue weighted by Crippen LogP contribution is 2.21. The second-order valence-corrected chi connectivity index (χ2v) is 5.21. The largest absolute Gasteiger partial charge is 0.322 e. The predicted octanol–water partition coefficient (Wildman–Crippen LogP) is 4.27. The molecule has 3 rings (SSSR count). The summed E-state index contributed by atoms with van der Waals surface area (Å²) >= 11 is 6.01. The molecule has 0 saturated carbocycles. The van der Waals surface area contributed by atoms with Gasteiger partial charge in [0.1, 0.15) is 11.5 Å². The van der Waals surface area contributed by atoms with Gasteiger partial charge in [-0.05, 0) is 30.3 Å². The summed E-state index contributed by atoms with van der Waals surface area (Å²) in [6.07, 6.45) is 1.41. The number of para-hydroxylation sites is 2. The Morgan fingerprint density at radius 1 is 1.00 bits per heavy atom. The van der Waals surface area contributed by atoms with Gasteiger partial charge in [0.2, 0.25) is 5.95 Å². The monoisotopic (exact) mass is 342 g/mol. The van der Waals surface area contributed by atoms with Gasteiger partial charge in [-0.15, -0.1) is 0 Å². The number of nitrogens with zero attached hydrogens (tertiary/aromatic N) is 2. The fraction of sp³-hybridized carbons (Fsp3) is 0. The number of anilines is 3. The molecular formula is C17H12ClFN4O. The third-order valence-corrected chi connectivity index (χ3v) is 3.46. The van der Waals surface area contributed by atoms with E-state index in [1.54, 1.807) is 42.5 Å². The molecule has 0 aliphatic heterocycles. The van der Waals surface area contributed by atoms with Crippen LogP contribution >= 0.6 is 11.6 Å². The fourth-order valence-corrected chi connectivity index (χ4v) is 2.16. The molecule has 2 N–H and O–H groups in total. The Hall–Kier alpha value is -2.99. The number of nitrogens with one attached hydrogen (secondary N) is 2. The van der Waals surface area contributed by atoms with Crippen LogP contribution in [0.25, 0.3) is 0 Å². The van der Waals surface area contributed by atoms with Crippen molar-refractivity contribution in [3.8, 4) is 0 Å². The Labute approximate surface area is 142 Å². The van der Waals surface area contributed by atoms with Gasteiger partial charge in [-0.1, -0.05) is 35.9 Å². The first kappa shape index (κ1) is 15.9. The average molecular weight is 343 g/mol. The number of hydrogen-bond acceptors (Lipinski definition) is 4. The van der Waals surface area contributed by atoms with Gasteiger partial charge >= 0.3 is 0 Å². The molecule has 120 valence electrons. The van der Waals surface area contributed by atoms with E-state index in [4.69, 9.17) is 11.6 Å². The summed E-state index contributed by atoms with van der Waals surface area (Å²) < 4.78 is 13.7. The highest BCUT2D eigenvalue weighted by atomic mass is 35.5. The number of rotatable bonds is 4. The molecule has 1 amide bonds. The van der Waals surface area contributed by atoms with Crippen molar-refractivity contribution < 1.29 is 9.18 Å². The van der Waals surface area contributed by atoms with Crippen molar-refractivity contribution in [2.24, 2.45) is 0 Å². The minimum absolute atomic E-state index is 0.118. The number of aromatic nitrogens is 2. The van der Waals surface area contributed by atoms with E-state index in [-0.39, 0.29) is 17.3 Å². The van der Waals surface area contributed by atoms with Crippen molar-refractivity contribution in [3.05, 3.63) is 77.3 Å². The molecule has 1 aromatic heterocycles. The summed E-state index contributed by atoms with van der Waals surface area (Å²) in [4.78, 5) is 20.4. The fourth-order valence-electron chi connectivity index (χ4n) is 1.98. The maximum Gasteiger partial charge on any atom is 0.274 e. The molecule has 0 saturated heterocycles. The van der Waals surface area contributed by atoms with E-state index in [1.807, 2.05) is 0 Å². The van der Waals surface area contributed by atoms with Gasteiger partial charge in [-0.25, -0.2) is 14.4 Å². The molecule has 0 bridgehead atoms. The van der Waals surface area contributed by atoms with Crippen LogP contribution in [-0.2, 0) is 0 Å². The standard InChI is InChI=1S/C17H12ClFN4O/c18-11-5-1-3-7-13(11)21-16(24)15-9-10-20-17(23-15)22-14-8-4-2-6-12(14)19/h1-10H,(H,21,24)(H,20,22,23). The van der Waals surface area contributed by atoms with Gasteiger partial charge in [0.05, 0.1) is 16.4 Å². The zero-order valence-corrected chi connectivity index (χ0v) is 13.1. The molecule has 0 unspecified atom stereocenters. The van der Waals surface area contributed by atoms with Crippen LogP contribution in [0, 0.1) is 5.82 Å². The molecule has 0 aliphatic carbocycles. The summed E-state index contributed by atoms with van der Waals surface area (Å²) in [6, 6.07) is 14.5. The summed E-state index contributed by atoms with van der Waals surface area (Å²) in [7, 11) is 0. The molecule has 1 heterocycles. The Bertz CT molecular complexity index is 888. The number of amides is 1. The van der Waals surface area contributed by atoms with Crippen LogP contribution in [0.4, 0.5) is 21.7 Å². The van der Waals surface area contributed by atoms with Crippen molar-refractivity contribution in [2.75, 3.05) is 10.6 Å². The summed E-state index contributed by atoms with van der Waals surface area (Å²) in [5, 5.41) is 5.83. The van der Waals surface area contributed by atoms with Gasteiger partial charge in [0.15, 0.2) is 0 Å². The highest BCUT2D eigenvalue weighted by molar-refractivity contribution is 6.33. The second-order valence-electron chi connectivity index (χ2n) is 4.80. The van der Waals surface area contributed by atoms with Crippen LogP contribution in [0.5, 0.6) is 0 Å². The van der Waals surface area contributed by atoms with Gasteiger partial charge in [-0.3, -0.25) is 4.79 Å². The highest BCUT2D eigenvalue weighted by Gasteiger charge is 2.11. The third kappa shape index (κ3) is 3.67. The Morgan fingerprint density at radius 3 is 2.46 bits per heavy atom. The van der Waals surface area contributed by atoms with E-state index in [9.17, 15) is 9.18 Å². The lowest BCUT2D eigenvalue weighted by molar-refractivity contribution is 0.102. The molecule has 2 aromatic carbocycles. The number of carbonyl (C=O) groups excluding carboxylic acids is 1. The maximum absolute atomic E-state index is 13.7. The van der Waals surface area contributed by atoms with E-state index >= 15 is 0 Å². The molecule has 0 aliphatic rings. The Morgan fingerprint density at radius 2 is 1.71 bits per heavy atom. The smallest absolute Gasteiger partial charge is 0.274 e. The molecule has 5 nitrogen and oxygen atoms in total. The zero-order valence-electron chi connectivity index (χ0n) is 12.3. The van der Waals surface area contributed by atoms with Gasteiger partial charge in [0.25, 0.3) is 5.91 Å². The molecular weight excluding hydrogens is 331 g/mol. The molecule has 7 heteroatoms. The Kier molecular flexibility index (Phi) is 4.67. The van der Waals surface area contributed by atoms with Crippen LogP contribution < -0.4 is 10.6 Å². The van der Waals surface area contributed by atoms with Crippen LogP contribution in [0.1, 0.15) is 10.5 Å². The average Bonchev–Trinajstić information content (AvgIpc) is 2.59. The maximum atomic E-state index is 13.7. The van der Waals surface area contributed by atoms with Crippen molar-refractivity contribution in [1.29, 1.82) is 0 Å². The minimum Gasteiger partial charge on any atom is -0.322 e. The first-order valence-electron chi connectivity index (χ1n) is 7.04. The van der Waals surface area contributed by atoms with Crippen molar-refractivity contribution in [1.82, 2.24) is 9.97 Å². The van der Waals surface area contributed by atoms with E-state index in [1.165, 1.54) is 18.3 Å². The van der Waals surface area contributed by atoms with Crippen molar-refractivity contribution in [3.63, 3.8) is 0 Å². The van der Waals surface area contributed by atoms with Gasteiger partial charge in [0, 0.05) is 6.20 Å². The third-order valence-electron chi connectivity index (χ3n) is 3.13. The van der Waals surface area contributed by atoms with Gasteiger partial charge < -0.3 is 10.6 Å². The van der Waals surface area contributed by atoms with Gasteiger partial charge in [-0.2, -0.15) is 0 Å². The number of carbonyl (C=O) groups is 1. The predicted molar refractivity (Wildman–Crippen MR) is 91.1 cm³/mol. The van der Waals surface area contributed by atoms with Crippen molar-refractivity contribution in [2.45, 2.75) is 0 Å². The summed E-state index contributed by atoms with van der Waals surface area (Å²) in [6.45, 7) is 0. The lowest BCUT2D eigenvalue weighted by Crippen LogP contribution is -2.15. The number of hydrogen-bond donors (Lipinski definition) is 2. The number of benzene rings is 2. The van der Waals surface area contributed by atoms with Crippen molar-refractivity contribution >= 4 is 34.8 Å². The lowest BCUT2D eigenvalue weighted by Gasteiger charge is -2.08. The quantitative estimate of drug-likeness (QED) is 0.743. The van der Waals surface area contributed by atoms with Crippen LogP contribution in [-0.4, -0.2) is 15.9 Å². The van der Waals surface area contributed by atoms with Crippen LogP contribution in [0.2, 0.25) is 5.02 Å². The van der Waals surface area contributed by atoms with E-state index in [0.29, 0.717) is 10.7 Å². The van der Waals surface area contributed by atoms with E-state index in [2.05, 4.69) is 20.6 Å². The molecule has 0 fully saturated rings. The molecule has 3 aromatic rings. The second kappa shape index (κ2) is 7.06. The molecule has 0 spiro atoms. The SMILES string of the molecule is O=C(Nc1ccccc1Cl)c1ccnc(Nc2ccccc2F)n1. The summed E-state index contributed by atoms with van der Waals surface area (Å²) in [5.41, 5.74) is 0.830. The first-order chi connectivity index (χ1) is 11.6. The topological polar surface area (TPSA) is 66.9 Å². The lowest BCUT2D eigenvalue weighted by atomic mass is 10.3. The van der Waals surface area contributed by atoms with E-state index in [0.717, 1.165) is 0 Å². The van der Waals surface area contributed by atoms with E-state index < -0.39 is 11.7 Å². The molecule has 0 radical (unpaired) electrons. The zero-order chi connectivity index (χ0) is 16.9. The normalized spacial score (nSPS) is 10.2.